The molecular formula is C14H24N4O2S. The molecule has 1 aliphatic rings. The fourth-order valence-corrected chi connectivity index (χ4v) is 3.60. The number of hydrogen-bond acceptors (Lipinski definition) is 5. The van der Waals surface area contributed by atoms with Crippen molar-refractivity contribution in [3.8, 4) is 0 Å². The Morgan fingerprint density at radius 3 is 2.48 bits per heavy atom. The second-order valence-corrected chi connectivity index (χ2v) is 7.96. The van der Waals surface area contributed by atoms with Crippen LogP contribution in [0.2, 0.25) is 0 Å². The van der Waals surface area contributed by atoms with Crippen molar-refractivity contribution in [2.24, 2.45) is 0 Å². The number of piperazine rings is 1. The number of likely N-dealkylation sites (N-methyl/N-ethyl adjacent to an activating group) is 1. The Morgan fingerprint density at radius 2 is 1.95 bits per heavy atom. The highest BCUT2D eigenvalue weighted by Gasteiger charge is 2.24. The number of anilines is 2. The van der Waals surface area contributed by atoms with Gasteiger partial charge in [0.25, 0.3) is 0 Å². The van der Waals surface area contributed by atoms with Crippen LogP contribution in [0.25, 0.3) is 0 Å². The largest absolute Gasteiger partial charge is 0.397 e. The van der Waals surface area contributed by atoms with Gasteiger partial charge in [0.05, 0.1) is 16.3 Å². The van der Waals surface area contributed by atoms with Crippen molar-refractivity contribution in [3.63, 3.8) is 0 Å². The molecule has 0 saturated carbocycles. The molecule has 0 radical (unpaired) electrons. The topological polar surface area (TPSA) is 69.9 Å². The Labute approximate surface area is 127 Å². The maximum atomic E-state index is 12.1. The third kappa shape index (κ3) is 3.14. The highest BCUT2D eigenvalue weighted by molar-refractivity contribution is 7.89. The van der Waals surface area contributed by atoms with Crippen LogP contribution in [0, 0.1) is 0 Å². The third-order valence-electron chi connectivity index (χ3n) is 3.92. The van der Waals surface area contributed by atoms with Crippen LogP contribution in [0.5, 0.6) is 0 Å². The lowest BCUT2D eigenvalue weighted by Crippen LogP contribution is -2.50. The predicted octanol–water partition coefficient (Wildman–Crippen LogP) is 0.659. The summed E-state index contributed by atoms with van der Waals surface area (Å²) in [5, 5.41) is 0. The van der Waals surface area contributed by atoms with Gasteiger partial charge in [-0.25, -0.2) is 12.7 Å². The Balaban J connectivity index is 2.32. The van der Waals surface area contributed by atoms with Crippen LogP contribution in [0.15, 0.2) is 23.1 Å². The van der Waals surface area contributed by atoms with E-state index in [0.717, 1.165) is 25.3 Å². The molecule has 1 atom stereocenters. The normalized spacial score (nSPS) is 21.0. The zero-order valence-electron chi connectivity index (χ0n) is 13.1. The Bertz CT molecular complexity index is 615. The number of rotatable bonds is 3. The number of nitrogens with zero attached hydrogens (tertiary/aromatic N) is 3. The van der Waals surface area contributed by atoms with Crippen molar-refractivity contribution in [2.45, 2.75) is 17.9 Å². The number of benzene rings is 1. The molecule has 0 bridgehead atoms. The quantitative estimate of drug-likeness (QED) is 0.830. The maximum Gasteiger partial charge on any atom is 0.242 e. The molecule has 1 heterocycles. The van der Waals surface area contributed by atoms with Crippen LogP contribution >= 0.6 is 0 Å². The fourth-order valence-electron chi connectivity index (χ4n) is 2.66. The van der Waals surface area contributed by atoms with Crippen molar-refractivity contribution in [1.29, 1.82) is 0 Å². The summed E-state index contributed by atoms with van der Waals surface area (Å²) in [5.41, 5.74) is 7.53. The first-order valence-electron chi connectivity index (χ1n) is 7.00. The van der Waals surface area contributed by atoms with Crippen molar-refractivity contribution >= 4 is 21.4 Å². The minimum atomic E-state index is -3.44. The van der Waals surface area contributed by atoms with E-state index in [9.17, 15) is 8.42 Å². The van der Waals surface area contributed by atoms with E-state index in [0.29, 0.717) is 11.7 Å². The van der Waals surface area contributed by atoms with Crippen molar-refractivity contribution < 1.29 is 8.42 Å². The van der Waals surface area contributed by atoms with E-state index in [1.165, 1.54) is 18.4 Å². The molecule has 1 aromatic rings. The van der Waals surface area contributed by atoms with Crippen molar-refractivity contribution in [2.75, 3.05) is 51.4 Å². The summed E-state index contributed by atoms with van der Waals surface area (Å²) < 4.78 is 25.5. The lowest BCUT2D eigenvalue weighted by atomic mass is 10.1. The van der Waals surface area contributed by atoms with Gasteiger partial charge in [0.15, 0.2) is 0 Å². The maximum absolute atomic E-state index is 12.1. The molecule has 1 saturated heterocycles. The van der Waals surface area contributed by atoms with E-state index in [4.69, 9.17) is 5.73 Å². The van der Waals surface area contributed by atoms with Gasteiger partial charge in [-0.1, -0.05) is 0 Å². The summed E-state index contributed by atoms with van der Waals surface area (Å²) in [4.78, 5) is 4.75. The number of hydrogen-bond donors (Lipinski definition) is 1. The number of nitrogen functional groups attached to an aromatic ring is 1. The first-order valence-corrected chi connectivity index (χ1v) is 8.44. The SMILES string of the molecule is CC1CN(C)CCN1c1ccc(S(=O)(=O)N(C)C)cc1N. The molecule has 1 unspecified atom stereocenters. The van der Waals surface area contributed by atoms with E-state index in [-0.39, 0.29) is 4.90 Å². The van der Waals surface area contributed by atoms with Gasteiger partial charge in [0.1, 0.15) is 0 Å². The summed E-state index contributed by atoms with van der Waals surface area (Å²) in [6.07, 6.45) is 0. The lowest BCUT2D eigenvalue weighted by molar-refractivity contribution is 0.276. The molecular weight excluding hydrogens is 288 g/mol. The van der Waals surface area contributed by atoms with Gasteiger partial charge in [0.2, 0.25) is 10.0 Å². The van der Waals surface area contributed by atoms with E-state index in [2.05, 4.69) is 23.8 Å². The molecule has 2 N–H and O–H groups in total. The molecule has 1 fully saturated rings. The second kappa shape index (κ2) is 5.82. The van der Waals surface area contributed by atoms with Crippen LogP contribution in [0.3, 0.4) is 0 Å². The van der Waals surface area contributed by atoms with Crippen molar-refractivity contribution in [3.05, 3.63) is 18.2 Å². The smallest absolute Gasteiger partial charge is 0.242 e. The summed E-state index contributed by atoms with van der Waals surface area (Å²) >= 11 is 0. The van der Waals surface area contributed by atoms with Gasteiger partial charge >= 0.3 is 0 Å². The van der Waals surface area contributed by atoms with E-state index >= 15 is 0 Å². The molecule has 118 valence electrons. The molecule has 21 heavy (non-hydrogen) atoms. The molecule has 2 rings (SSSR count). The minimum absolute atomic E-state index is 0.232. The van der Waals surface area contributed by atoms with Crippen LogP contribution < -0.4 is 10.6 Å². The Kier molecular flexibility index (Phi) is 4.46. The molecule has 0 amide bonds. The standard InChI is InChI=1S/C14H24N4O2S/c1-11-10-17(4)7-8-18(11)14-6-5-12(9-13(14)15)21(19,20)16(2)3/h5-6,9,11H,7-8,10,15H2,1-4H3. The Morgan fingerprint density at radius 1 is 1.29 bits per heavy atom. The molecule has 0 spiro atoms. The number of nitrogens with two attached hydrogens (primary N) is 1. The fraction of sp³-hybridized carbons (Fsp3) is 0.571. The third-order valence-corrected chi connectivity index (χ3v) is 5.73. The van der Waals surface area contributed by atoms with Crippen LogP contribution in [0.4, 0.5) is 11.4 Å². The van der Waals surface area contributed by atoms with Gasteiger partial charge in [-0.15, -0.1) is 0 Å². The summed E-state index contributed by atoms with van der Waals surface area (Å²) in [6.45, 7) is 4.99. The van der Waals surface area contributed by atoms with Gasteiger partial charge in [-0.2, -0.15) is 0 Å². The first kappa shape index (κ1) is 16.1. The van der Waals surface area contributed by atoms with Gasteiger partial charge < -0.3 is 15.5 Å². The number of sulfonamides is 1. The highest BCUT2D eigenvalue weighted by Crippen LogP contribution is 2.29. The molecule has 1 aromatic carbocycles. The Hall–Kier alpha value is -1.31. The zero-order valence-corrected chi connectivity index (χ0v) is 13.9. The monoisotopic (exact) mass is 312 g/mol. The lowest BCUT2D eigenvalue weighted by Gasteiger charge is -2.40. The van der Waals surface area contributed by atoms with Crippen LogP contribution in [-0.4, -0.2) is 64.4 Å². The van der Waals surface area contributed by atoms with Crippen LogP contribution in [0.1, 0.15) is 6.92 Å². The summed E-state index contributed by atoms with van der Waals surface area (Å²) in [6, 6.07) is 5.34. The molecule has 0 aliphatic carbocycles. The van der Waals surface area contributed by atoms with Gasteiger partial charge in [-0.3, -0.25) is 0 Å². The van der Waals surface area contributed by atoms with E-state index in [1.807, 2.05) is 6.07 Å². The molecule has 0 aromatic heterocycles. The van der Waals surface area contributed by atoms with E-state index in [1.54, 1.807) is 12.1 Å². The average molecular weight is 312 g/mol. The first-order chi connectivity index (χ1) is 9.73. The second-order valence-electron chi connectivity index (χ2n) is 5.81. The van der Waals surface area contributed by atoms with Gasteiger partial charge in [-0.05, 0) is 32.2 Å². The van der Waals surface area contributed by atoms with Crippen LogP contribution in [-0.2, 0) is 10.0 Å². The molecule has 7 heteroatoms. The predicted molar refractivity (Wildman–Crippen MR) is 86.0 cm³/mol. The molecule has 6 nitrogen and oxygen atoms in total. The summed E-state index contributed by atoms with van der Waals surface area (Å²) in [5.74, 6) is 0. The minimum Gasteiger partial charge on any atom is -0.397 e. The van der Waals surface area contributed by atoms with E-state index < -0.39 is 10.0 Å². The summed E-state index contributed by atoms with van der Waals surface area (Å²) in [7, 11) is 1.69. The highest BCUT2D eigenvalue weighted by atomic mass is 32.2. The zero-order chi connectivity index (χ0) is 15.8. The average Bonchev–Trinajstić information content (AvgIpc) is 2.39. The molecule has 1 aliphatic heterocycles. The van der Waals surface area contributed by atoms with Gasteiger partial charge in [0, 0.05) is 39.8 Å². The van der Waals surface area contributed by atoms with Crippen molar-refractivity contribution in [1.82, 2.24) is 9.21 Å².